The van der Waals surface area contributed by atoms with E-state index in [1.165, 1.54) is 11.1 Å². The number of benzene rings is 1. The molecule has 1 aliphatic heterocycles. The maximum atomic E-state index is 12.2. The van der Waals surface area contributed by atoms with E-state index in [4.69, 9.17) is 10.1 Å². The van der Waals surface area contributed by atoms with Crippen LogP contribution in [0.15, 0.2) is 30.3 Å². The van der Waals surface area contributed by atoms with Gasteiger partial charge in [-0.3, -0.25) is 9.69 Å². The lowest BCUT2D eigenvalue weighted by molar-refractivity contribution is -0.121. The Kier molecular flexibility index (Phi) is 5.72. The van der Waals surface area contributed by atoms with Crippen molar-refractivity contribution in [2.24, 2.45) is 0 Å². The van der Waals surface area contributed by atoms with Gasteiger partial charge in [0.1, 0.15) is 0 Å². The number of carbonyl (C=O) groups is 1. The van der Waals surface area contributed by atoms with Crippen LogP contribution in [0.4, 0.5) is 0 Å². The first-order valence-electron chi connectivity index (χ1n) is 11.9. The average Bonchev–Trinajstić information content (AvgIpc) is 3.28. The lowest BCUT2D eigenvalue weighted by Gasteiger charge is -2.17. The summed E-state index contributed by atoms with van der Waals surface area (Å²) < 4.78 is 1.99. The molecule has 1 saturated heterocycles. The molecule has 1 atom stereocenters. The number of hydrogen-bond donors (Lipinski definition) is 1. The molecule has 6 nitrogen and oxygen atoms in total. The van der Waals surface area contributed by atoms with Crippen LogP contribution < -0.4 is 5.32 Å². The zero-order valence-corrected chi connectivity index (χ0v) is 19.4. The molecule has 5 rings (SSSR count). The molecule has 168 valence electrons. The number of nitrogens with one attached hydrogen (secondary N) is 1. The number of fused-ring (bicyclic) bond motifs is 1. The quantitative estimate of drug-likeness (QED) is 0.617. The summed E-state index contributed by atoms with van der Waals surface area (Å²) in [6, 6.07) is 11.2. The Morgan fingerprint density at radius 3 is 2.75 bits per heavy atom. The molecule has 0 radical (unpaired) electrons. The third kappa shape index (κ3) is 4.42. The molecule has 0 bridgehead atoms. The molecule has 2 aliphatic rings. The maximum absolute atomic E-state index is 12.2. The van der Waals surface area contributed by atoms with Crippen LogP contribution in [-0.4, -0.2) is 44.5 Å². The van der Waals surface area contributed by atoms with E-state index >= 15 is 0 Å². The number of aromatic nitrogens is 3. The molecule has 1 aliphatic carbocycles. The van der Waals surface area contributed by atoms with E-state index in [0.717, 1.165) is 67.2 Å². The number of rotatable bonds is 7. The summed E-state index contributed by atoms with van der Waals surface area (Å²) in [4.78, 5) is 19.5. The van der Waals surface area contributed by atoms with E-state index in [9.17, 15) is 4.79 Å². The Morgan fingerprint density at radius 2 is 1.97 bits per heavy atom. The molecule has 6 heteroatoms. The van der Waals surface area contributed by atoms with E-state index in [1.807, 2.05) is 11.4 Å². The van der Waals surface area contributed by atoms with Gasteiger partial charge >= 0.3 is 0 Å². The molecule has 1 aromatic carbocycles. The first-order valence-corrected chi connectivity index (χ1v) is 11.9. The van der Waals surface area contributed by atoms with Gasteiger partial charge in [-0.2, -0.15) is 5.10 Å². The lowest BCUT2D eigenvalue weighted by atomic mass is 10.1. The van der Waals surface area contributed by atoms with Gasteiger partial charge in [-0.05, 0) is 69.7 Å². The van der Waals surface area contributed by atoms with Crippen molar-refractivity contribution in [3.63, 3.8) is 0 Å². The van der Waals surface area contributed by atoms with Crippen LogP contribution in [0, 0.1) is 20.8 Å². The maximum Gasteiger partial charge on any atom is 0.220 e. The Morgan fingerprint density at radius 1 is 1.16 bits per heavy atom. The van der Waals surface area contributed by atoms with Crippen molar-refractivity contribution in [1.82, 2.24) is 24.8 Å². The molecular weight excluding hydrogens is 398 g/mol. The van der Waals surface area contributed by atoms with Crippen molar-refractivity contribution in [2.45, 2.75) is 71.4 Å². The number of amides is 1. The van der Waals surface area contributed by atoms with Crippen LogP contribution in [0.25, 0.3) is 5.65 Å². The standard InChI is InChI=1S/C26H33N5O/c1-17-6-4-5-7-20(17)15-30-13-12-21(16-30)24-14-25-27-18(2)23(19(3)31(25)29-24)10-11-26(32)28-22-8-9-22/h4-7,14,21-22H,8-13,15-16H2,1-3H3,(H,28,32)/t21-/m0/s1. The fraction of sp³-hybridized carbons (Fsp3) is 0.500. The molecule has 1 saturated carbocycles. The van der Waals surface area contributed by atoms with Crippen molar-refractivity contribution in [3.05, 3.63) is 64.1 Å². The van der Waals surface area contributed by atoms with Gasteiger partial charge in [0.15, 0.2) is 5.65 Å². The molecule has 0 spiro atoms. The summed E-state index contributed by atoms with van der Waals surface area (Å²) in [5, 5.41) is 8.05. The third-order valence-corrected chi connectivity index (χ3v) is 7.07. The summed E-state index contributed by atoms with van der Waals surface area (Å²) in [7, 11) is 0. The third-order valence-electron chi connectivity index (χ3n) is 7.07. The molecule has 1 amide bonds. The number of nitrogens with zero attached hydrogens (tertiary/aromatic N) is 4. The van der Waals surface area contributed by atoms with Gasteiger partial charge in [0, 0.05) is 48.9 Å². The van der Waals surface area contributed by atoms with Crippen molar-refractivity contribution in [1.29, 1.82) is 0 Å². The fourth-order valence-electron chi connectivity index (χ4n) is 4.92. The largest absolute Gasteiger partial charge is 0.353 e. The minimum absolute atomic E-state index is 0.146. The smallest absolute Gasteiger partial charge is 0.220 e. The number of likely N-dealkylation sites (tertiary alicyclic amines) is 1. The first-order chi connectivity index (χ1) is 15.5. The van der Waals surface area contributed by atoms with Gasteiger partial charge in [0.05, 0.1) is 5.69 Å². The molecule has 2 fully saturated rings. The molecule has 3 aromatic rings. The second-order valence-corrected chi connectivity index (χ2v) is 9.59. The van der Waals surface area contributed by atoms with E-state index in [0.29, 0.717) is 24.8 Å². The van der Waals surface area contributed by atoms with Gasteiger partial charge in [0.25, 0.3) is 0 Å². The Bertz CT molecular complexity index is 1150. The Labute approximate surface area is 190 Å². The summed E-state index contributed by atoms with van der Waals surface area (Å²) in [5.41, 5.74) is 8.07. The van der Waals surface area contributed by atoms with Crippen LogP contribution in [0.3, 0.4) is 0 Å². The molecular formula is C26H33N5O. The second-order valence-electron chi connectivity index (χ2n) is 9.59. The fourth-order valence-corrected chi connectivity index (χ4v) is 4.92. The monoisotopic (exact) mass is 431 g/mol. The number of carbonyl (C=O) groups excluding carboxylic acids is 1. The lowest BCUT2D eigenvalue weighted by Crippen LogP contribution is -2.25. The normalized spacial score (nSPS) is 19.0. The Hall–Kier alpha value is -2.73. The van der Waals surface area contributed by atoms with Gasteiger partial charge in [-0.1, -0.05) is 24.3 Å². The number of hydrogen-bond acceptors (Lipinski definition) is 4. The molecule has 1 N–H and O–H groups in total. The highest BCUT2D eigenvalue weighted by Crippen LogP contribution is 2.29. The predicted molar refractivity (Wildman–Crippen MR) is 126 cm³/mol. The van der Waals surface area contributed by atoms with Gasteiger partial charge in [-0.25, -0.2) is 9.50 Å². The minimum Gasteiger partial charge on any atom is -0.353 e. The molecule has 0 unspecified atom stereocenters. The van der Waals surface area contributed by atoms with Crippen LogP contribution in [0.1, 0.15) is 65.4 Å². The average molecular weight is 432 g/mol. The zero-order valence-electron chi connectivity index (χ0n) is 19.4. The van der Waals surface area contributed by atoms with E-state index < -0.39 is 0 Å². The zero-order chi connectivity index (χ0) is 22.2. The number of aryl methyl sites for hydroxylation is 3. The topological polar surface area (TPSA) is 62.5 Å². The molecule has 2 aromatic heterocycles. The van der Waals surface area contributed by atoms with Crippen molar-refractivity contribution >= 4 is 11.6 Å². The Balaban J connectivity index is 1.29. The summed E-state index contributed by atoms with van der Waals surface area (Å²) in [5.74, 6) is 0.584. The van der Waals surface area contributed by atoms with Crippen LogP contribution in [-0.2, 0) is 17.8 Å². The minimum atomic E-state index is 0.146. The molecule has 32 heavy (non-hydrogen) atoms. The van der Waals surface area contributed by atoms with E-state index in [1.54, 1.807) is 0 Å². The van der Waals surface area contributed by atoms with E-state index in [2.05, 4.69) is 54.4 Å². The summed E-state index contributed by atoms with van der Waals surface area (Å²) in [6.45, 7) is 9.47. The van der Waals surface area contributed by atoms with Crippen molar-refractivity contribution in [2.75, 3.05) is 13.1 Å². The van der Waals surface area contributed by atoms with Crippen molar-refractivity contribution < 1.29 is 4.79 Å². The van der Waals surface area contributed by atoms with Crippen LogP contribution >= 0.6 is 0 Å². The van der Waals surface area contributed by atoms with Crippen molar-refractivity contribution in [3.8, 4) is 0 Å². The van der Waals surface area contributed by atoms with Gasteiger partial charge in [-0.15, -0.1) is 0 Å². The van der Waals surface area contributed by atoms with Crippen LogP contribution in [0.5, 0.6) is 0 Å². The first kappa shape index (κ1) is 21.1. The second kappa shape index (κ2) is 8.66. The highest BCUT2D eigenvalue weighted by atomic mass is 16.1. The van der Waals surface area contributed by atoms with Gasteiger partial charge in [0.2, 0.25) is 5.91 Å². The predicted octanol–water partition coefficient (Wildman–Crippen LogP) is 3.86. The highest BCUT2D eigenvalue weighted by Gasteiger charge is 2.27. The van der Waals surface area contributed by atoms with Gasteiger partial charge < -0.3 is 5.32 Å². The highest BCUT2D eigenvalue weighted by molar-refractivity contribution is 5.76. The molecule has 3 heterocycles. The summed E-state index contributed by atoms with van der Waals surface area (Å²) in [6.07, 6.45) is 4.59. The SMILES string of the molecule is Cc1ccccc1CN1CC[C@H](c2cc3nc(C)c(CCC(=O)NC4CC4)c(C)n3n2)C1. The summed E-state index contributed by atoms with van der Waals surface area (Å²) >= 11 is 0. The van der Waals surface area contributed by atoms with E-state index in [-0.39, 0.29) is 5.91 Å². The van der Waals surface area contributed by atoms with Crippen LogP contribution in [0.2, 0.25) is 0 Å².